The lowest BCUT2D eigenvalue weighted by Gasteiger charge is -2.47. The third-order valence-corrected chi connectivity index (χ3v) is 4.40. The van der Waals surface area contributed by atoms with Gasteiger partial charge in [0, 0.05) is 18.2 Å². The molecule has 2 unspecified atom stereocenters. The summed E-state index contributed by atoms with van der Waals surface area (Å²) in [6, 6.07) is -0.428. The van der Waals surface area contributed by atoms with Gasteiger partial charge in [-0.2, -0.15) is 0 Å². The van der Waals surface area contributed by atoms with Crippen LogP contribution >= 0.6 is 24.4 Å². The minimum absolute atomic E-state index is 0.0129. The number of rotatable bonds is 2. The number of fused-ring (bicyclic) bond motifs is 1. The molecule has 2 aliphatic rings. The Morgan fingerprint density at radius 1 is 1.75 bits per heavy atom. The van der Waals surface area contributed by atoms with Gasteiger partial charge in [0.2, 0.25) is 5.91 Å². The van der Waals surface area contributed by atoms with Crippen molar-refractivity contribution in [1.82, 2.24) is 4.90 Å². The van der Waals surface area contributed by atoms with Crippen LogP contribution in [0.25, 0.3) is 0 Å². The van der Waals surface area contributed by atoms with Crippen molar-refractivity contribution in [2.45, 2.75) is 18.3 Å². The number of amides is 1. The highest BCUT2D eigenvalue weighted by Gasteiger charge is 2.49. The van der Waals surface area contributed by atoms with Gasteiger partial charge in [0.1, 0.15) is 18.0 Å². The number of β-lactam (4-membered cyclic amide) rings is 1. The average Bonchev–Trinajstić information content (AvgIpc) is 2.25. The highest BCUT2D eigenvalue weighted by molar-refractivity contribution is 8.00. The van der Waals surface area contributed by atoms with Crippen molar-refractivity contribution in [2.75, 3.05) is 12.4 Å². The number of carbonyl (C=O) groups is 2. The summed E-state index contributed by atoms with van der Waals surface area (Å²) < 4.78 is 4.89. The van der Waals surface area contributed by atoms with Crippen LogP contribution in [-0.2, 0) is 14.3 Å². The van der Waals surface area contributed by atoms with Gasteiger partial charge in [-0.1, -0.05) is 0 Å². The molecule has 2 atom stereocenters. The van der Waals surface area contributed by atoms with Crippen molar-refractivity contribution < 1.29 is 14.3 Å². The van der Waals surface area contributed by atoms with E-state index in [0.717, 1.165) is 5.57 Å². The number of nitrogens with zero attached hydrogens (tertiary/aromatic N) is 1. The Morgan fingerprint density at radius 2 is 2.44 bits per heavy atom. The second-order valence-corrected chi connectivity index (χ2v) is 5.17. The highest BCUT2D eigenvalue weighted by atomic mass is 32.2. The first-order valence-electron chi connectivity index (χ1n) is 4.77. The molecule has 0 aromatic carbocycles. The second-order valence-electron chi connectivity index (χ2n) is 3.64. The summed E-state index contributed by atoms with van der Waals surface area (Å²) in [5, 5.41) is 0.567. The first-order valence-corrected chi connectivity index (χ1v) is 6.26. The van der Waals surface area contributed by atoms with E-state index >= 15 is 0 Å². The highest BCUT2D eigenvalue weighted by Crippen LogP contribution is 2.40. The summed E-state index contributed by atoms with van der Waals surface area (Å²) in [6.45, 7) is 1.54. The van der Waals surface area contributed by atoms with Crippen molar-refractivity contribution in [2.24, 2.45) is 5.73 Å². The molecule has 0 aromatic rings. The normalized spacial score (nSPS) is 28.7. The van der Waals surface area contributed by atoms with Crippen molar-refractivity contribution in [3.8, 4) is 0 Å². The molecular formula is C9H12N2O3S2. The second kappa shape index (κ2) is 4.31. The molecule has 0 radical (unpaired) electrons. The maximum absolute atomic E-state index is 11.5. The molecule has 2 heterocycles. The summed E-state index contributed by atoms with van der Waals surface area (Å²) >= 11 is 5.86. The van der Waals surface area contributed by atoms with Crippen LogP contribution in [0.5, 0.6) is 0 Å². The zero-order valence-corrected chi connectivity index (χ0v) is 10.4. The van der Waals surface area contributed by atoms with Gasteiger partial charge in [0.05, 0.1) is 5.03 Å². The quantitative estimate of drug-likeness (QED) is 0.413. The predicted molar refractivity (Wildman–Crippen MR) is 63.7 cm³/mol. The Bertz CT molecular complexity index is 383. The van der Waals surface area contributed by atoms with Crippen LogP contribution in [0, 0.1) is 0 Å². The molecule has 2 rings (SSSR count). The zero-order valence-electron chi connectivity index (χ0n) is 8.67. The van der Waals surface area contributed by atoms with Gasteiger partial charge in [-0.15, -0.1) is 24.4 Å². The molecule has 1 saturated heterocycles. The summed E-state index contributed by atoms with van der Waals surface area (Å²) in [7, 11) is 0. The Morgan fingerprint density at radius 3 is 3.06 bits per heavy atom. The SMILES string of the molecule is CC(=O)OCC1=C(S)N2C(=O)C(N)C2SC1. The average molecular weight is 260 g/mol. The Balaban J connectivity index is 2.09. The third-order valence-electron chi connectivity index (χ3n) is 2.51. The van der Waals surface area contributed by atoms with Crippen molar-refractivity contribution in [3.05, 3.63) is 10.6 Å². The van der Waals surface area contributed by atoms with Gasteiger partial charge in [-0.3, -0.25) is 14.5 Å². The molecular weight excluding hydrogens is 248 g/mol. The zero-order chi connectivity index (χ0) is 11.9. The van der Waals surface area contributed by atoms with Gasteiger partial charge < -0.3 is 10.5 Å². The first kappa shape index (κ1) is 11.8. The predicted octanol–water partition coefficient (Wildman–Crippen LogP) is -0.0667. The maximum Gasteiger partial charge on any atom is 0.302 e. The van der Waals surface area contributed by atoms with E-state index in [-0.39, 0.29) is 23.9 Å². The van der Waals surface area contributed by atoms with Gasteiger partial charge in [0.15, 0.2) is 0 Å². The van der Waals surface area contributed by atoms with Crippen molar-refractivity contribution >= 4 is 36.3 Å². The van der Waals surface area contributed by atoms with Crippen LogP contribution < -0.4 is 5.73 Å². The van der Waals surface area contributed by atoms with Crippen LogP contribution in [0.4, 0.5) is 0 Å². The van der Waals surface area contributed by atoms with Crippen LogP contribution in [-0.4, -0.2) is 40.6 Å². The van der Waals surface area contributed by atoms with E-state index in [1.165, 1.54) is 6.92 Å². The number of nitrogens with two attached hydrogens (primary N) is 1. The molecule has 1 amide bonds. The summed E-state index contributed by atoms with van der Waals surface area (Å²) in [5.41, 5.74) is 6.50. The lowest BCUT2D eigenvalue weighted by atomic mass is 10.1. The van der Waals surface area contributed by atoms with Gasteiger partial charge >= 0.3 is 5.97 Å². The third kappa shape index (κ3) is 1.83. The van der Waals surface area contributed by atoms with E-state index in [9.17, 15) is 9.59 Å². The minimum Gasteiger partial charge on any atom is -0.461 e. The van der Waals surface area contributed by atoms with Gasteiger partial charge in [-0.05, 0) is 0 Å². The molecule has 0 aliphatic carbocycles. The molecule has 88 valence electrons. The van der Waals surface area contributed by atoms with E-state index < -0.39 is 6.04 Å². The van der Waals surface area contributed by atoms with Crippen molar-refractivity contribution in [1.29, 1.82) is 0 Å². The van der Waals surface area contributed by atoms with Crippen LogP contribution in [0.15, 0.2) is 10.6 Å². The van der Waals surface area contributed by atoms with E-state index in [0.29, 0.717) is 10.8 Å². The van der Waals surface area contributed by atoms with Gasteiger partial charge in [0.25, 0.3) is 0 Å². The summed E-state index contributed by atoms with van der Waals surface area (Å²) in [4.78, 5) is 23.7. The molecule has 0 spiro atoms. The van der Waals surface area contributed by atoms with Gasteiger partial charge in [-0.25, -0.2) is 0 Å². The fraction of sp³-hybridized carbons (Fsp3) is 0.556. The Labute approximate surface area is 103 Å². The van der Waals surface area contributed by atoms with E-state index in [1.54, 1.807) is 16.7 Å². The number of carbonyl (C=O) groups excluding carboxylic acids is 2. The van der Waals surface area contributed by atoms with Crippen LogP contribution in [0.1, 0.15) is 6.92 Å². The Kier molecular flexibility index (Phi) is 3.18. The lowest BCUT2D eigenvalue weighted by molar-refractivity contribution is -0.140. The number of ether oxygens (including phenoxy) is 1. The minimum atomic E-state index is -0.428. The lowest BCUT2D eigenvalue weighted by Crippen LogP contribution is -2.67. The molecule has 1 fully saturated rings. The van der Waals surface area contributed by atoms with Crippen molar-refractivity contribution in [3.63, 3.8) is 0 Å². The molecule has 7 heteroatoms. The first-order chi connectivity index (χ1) is 7.52. The smallest absolute Gasteiger partial charge is 0.302 e. The molecule has 2 aliphatic heterocycles. The number of hydrogen-bond acceptors (Lipinski definition) is 6. The van der Waals surface area contributed by atoms with E-state index in [2.05, 4.69) is 12.6 Å². The number of hydrogen-bond donors (Lipinski definition) is 2. The standard InChI is InChI=1S/C9H12N2O3S2/c1-4(12)14-2-5-3-16-9-6(10)7(13)11(9)8(5)15/h6,9,15H,2-3,10H2,1H3. The summed E-state index contributed by atoms with van der Waals surface area (Å²) in [6.07, 6.45) is 0. The topological polar surface area (TPSA) is 72.6 Å². The largest absolute Gasteiger partial charge is 0.461 e. The molecule has 0 aromatic heterocycles. The molecule has 16 heavy (non-hydrogen) atoms. The maximum atomic E-state index is 11.5. The summed E-state index contributed by atoms with van der Waals surface area (Å²) in [5.74, 6) is 0.226. The van der Waals surface area contributed by atoms with E-state index in [1.807, 2.05) is 0 Å². The fourth-order valence-corrected chi connectivity index (χ4v) is 3.43. The molecule has 0 saturated carbocycles. The molecule has 2 N–H and O–H groups in total. The Hall–Kier alpha value is -0.660. The molecule has 5 nitrogen and oxygen atoms in total. The van der Waals surface area contributed by atoms with Crippen LogP contribution in [0.2, 0.25) is 0 Å². The number of thioether (sulfide) groups is 1. The van der Waals surface area contributed by atoms with Crippen LogP contribution in [0.3, 0.4) is 0 Å². The molecule has 0 bridgehead atoms. The fourth-order valence-electron chi connectivity index (χ4n) is 1.61. The number of esters is 1. The monoisotopic (exact) mass is 260 g/mol. The van der Waals surface area contributed by atoms with E-state index in [4.69, 9.17) is 10.5 Å². The number of thiol groups is 1.